The molecule has 1 saturated heterocycles. The van der Waals surface area contributed by atoms with E-state index in [1.165, 1.54) is 0 Å². The number of nitrogens with zero attached hydrogens (tertiary/aromatic N) is 3. The number of carbonyl (C=O) groups is 2. The van der Waals surface area contributed by atoms with Crippen LogP contribution in [0.4, 0.5) is 0 Å². The lowest BCUT2D eigenvalue weighted by atomic mass is 10.0. The van der Waals surface area contributed by atoms with Crippen molar-refractivity contribution < 1.29 is 14.0 Å². The van der Waals surface area contributed by atoms with Crippen LogP contribution in [-0.2, 0) is 16.1 Å². The van der Waals surface area contributed by atoms with E-state index in [2.05, 4.69) is 15.2 Å². The number of piperazine rings is 1. The quantitative estimate of drug-likeness (QED) is 0.567. The lowest BCUT2D eigenvalue weighted by Crippen LogP contribution is -2.65. The summed E-state index contributed by atoms with van der Waals surface area (Å²) in [6.07, 6.45) is 3.49. The van der Waals surface area contributed by atoms with Crippen LogP contribution in [0.15, 0.2) is 63.8 Å². The summed E-state index contributed by atoms with van der Waals surface area (Å²) in [4.78, 5) is 34.7. The topological polar surface area (TPSA) is 104 Å². The van der Waals surface area contributed by atoms with Gasteiger partial charge in [0.1, 0.15) is 11.8 Å². The second kappa shape index (κ2) is 11.8. The fourth-order valence-electron chi connectivity index (χ4n) is 4.39. The summed E-state index contributed by atoms with van der Waals surface area (Å²) in [6, 6.07) is 10.9. The second-order valence-corrected chi connectivity index (χ2v) is 9.45. The molecule has 2 heterocycles. The number of amides is 2. The zero-order valence-electron chi connectivity index (χ0n) is 21.3. The SMILES string of the molecule is CN=C(C=C(C)N)CN1CC(C)N(C(=O)C(C)C)C(C(=O)NCc2ccc(-c3ccco3)cc2)C1. The highest BCUT2D eigenvalue weighted by Crippen LogP contribution is 2.21. The van der Waals surface area contributed by atoms with Crippen LogP contribution in [0.25, 0.3) is 11.3 Å². The molecule has 0 aliphatic carbocycles. The molecule has 0 bridgehead atoms. The highest BCUT2D eigenvalue weighted by atomic mass is 16.3. The Morgan fingerprint density at radius 3 is 2.51 bits per heavy atom. The minimum Gasteiger partial charge on any atom is -0.464 e. The molecule has 1 aromatic heterocycles. The molecule has 2 amide bonds. The first-order valence-electron chi connectivity index (χ1n) is 12.0. The van der Waals surface area contributed by atoms with Crippen LogP contribution in [-0.4, -0.2) is 66.1 Å². The van der Waals surface area contributed by atoms with Gasteiger partial charge in [-0.05, 0) is 37.6 Å². The van der Waals surface area contributed by atoms with E-state index >= 15 is 0 Å². The lowest BCUT2D eigenvalue weighted by molar-refractivity contribution is -0.149. The zero-order chi connectivity index (χ0) is 25.5. The Balaban J connectivity index is 1.72. The van der Waals surface area contributed by atoms with Crippen molar-refractivity contribution in [1.29, 1.82) is 0 Å². The molecule has 2 aromatic rings. The molecule has 1 aromatic carbocycles. The van der Waals surface area contributed by atoms with Gasteiger partial charge in [0.2, 0.25) is 11.8 Å². The van der Waals surface area contributed by atoms with E-state index in [9.17, 15) is 9.59 Å². The van der Waals surface area contributed by atoms with E-state index in [-0.39, 0.29) is 23.8 Å². The first-order valence-corrected chi connectivity index (χ1v) is 12.0. The monoisotopic (exact) mass is 479 g/mol. The summed E-state index contributed by atoms with van der Waals surface area (Å²) in [6.45, 7) is 9.59. The highest BCUT2D eigenvalue weighted by molar-refractivity contribution is 5.97. The molecule has 1 fully saturated rings. The average Bonchev–Trinajstić information content (AvgIpc) is 3.36. The minimum atomic E-state index is -0.586. The van der Waals surface area contributed by atoms with E-state index < -0.39 is 6.04 Å². The Morgan fingerprint density at radius 1 is 1.23 bits per heavy atom. The Morgan fingerprint density at radius 2 is 1.94 bits per heavy atom. The standard InChI is InChI=1S/C27H37N5O3/c1-18(2)27(34)32-20(4)15-31(16-23(29-5)13-19(3)28)17-24(32)26(33)30-14-21-8-10-22(11-9-21)25-7-6-12-35-25/h6-13,18,20,24H,14-17,28H2,1-5H3,(H,30,33). The lowest BCUT2D eigenvalue weighted by Gasteiger charge is -2.45. The Kier molecular flexibility index (Phi) is 8.87. The smallest absolute Gasteiger partial charge is 0.244 e. The third-order valence-electron chi connectivity index (χ3n) is 6.11. The molecule has 3 rings (SSSR count). The molecule has 0 radical (unpaired) electrons. The van der Waals surface area contributed by atoms with Crippen LogP contribution in [0, 0.1) is 5.92 Å². The third kappa shape index (κ3) is 6.82. The van der Waals surface area contributed by atoms with Gasteiger partial charge in [-0.1, -0.05) is 38.1 Å². The van der Waals surface area contributed by atoms with E-state index in [4.69, 9.17) is 10.2 Å². The highest BCUT2D eigenvalue weighted by Gasteiger charge is 2.40. The molecule has 3 N–H and O–H groups in total. The number of nitrogens with two attached hydrogens (primary N) is 1. The van der Waals surface area contributed by atoms with Crippen LogP contribution in [0.3, 0.4) is 0 Å². The molecule has 35 heavy (non-hydrogen) atoms. The molecular weight excluding hydrogens is 442 g/mol. The molecule has 0 spiro atoms. The van der Waals surface area contributed by atoms with Gasteiger partial charge >= 0.3 is 0 Å². The van der Waals surface area contributed by atoms with Gasteiger partial charge in [0.15, 0.2) is 0 Å². The third-order valence-corrected chi connectivity index (χ3v) is 6.11. The number of carbonyl (C=O) groups excluding carboxylic acids is 2. The summed E-state index contributed by atoms with van der Waals surface area (Å²) >= 11 is 0. The van der Waals surface area contributed by atoms with Crippen molar-refractivity contribution >= 4 is 17.5 Å². The van der Waals surface area contributed by atoms with Crippen LogP contribution in [0.5, 0.6) is 0 Å². The molecule has 8 heteroatoms. The summed E-state index contributed by atoms with van der Waals surface area (Å²) in [5.74, 6) is 0.437. The van der Waals surface area contributed by atoms with Gasteiger partial charge in [0.25, 0.3) is 0 Å². The second-order valence-electron chi connectivity index (χ2n) is 9.45. The average molecular weight is 480 g/mol. The van der Waals surface area contributed by atoms with Gasteiger partial charge in [-0.25, -0.2) is 0 Å². The number of allylic oxidation sites excluding steroid dienone is 1. The van der Waals surface area contributed by atoms with Crippen LogP contribution in [0.1, 0.15) is 33.3 Å². The summed E-state index contributed by atoms with van der Waals surface area (Å²) in [7, 11) is 1.73. The van der Waals surface area contributed by atoms with Gasteiger partial charge in [-0.2, -0.15) is 0 Å². The number of furan rings is 1. The fraction of sp³-hybridized carbons (Fsp3) is 0.444. The maximum atomic E-state index is 13.4. The maximum absolute atomic E-state index is 13.4. The van der Waals surface area contributed by atoms with Crippen molar-refractivity contribution in [2.45, 2.75) is 46.3 Å². The van der Waals surface area contributed by atoms with Crippen molar-refractivity contribution in [3.8, 4) is 11.3 Å². The summed E-state index contributed by atoms with van der Waals surface area (Å²) in [5.41, 5.74) is 9.32. The molecular formula is C27H37N5O3. The largest absolute Gasteiger partial charge is 0.464 e. The molecule has 8 nitrogen and oxygen atoms in total. The van der Waals surface area contributed by atoms with Crippen molar-refractivity contribution in [3.63, 3.8) is 0 Å². The fourth-order valence-corrected chi connectivity index (χ4v) is 4.39. The Bertz CT molecular complexity index is 1050. The number of hydrogen-bond donors (Lipinski definition) is 2. The number of benzene rings is 1. The predicted octanol–water partition coefficient (Wildman–Crippen LogP) is 3.05. The molecule has 2 atom stereocenters. The Hall–Kier alpha value is -3.39. The van der Waals surface area contributed by atoms with Gasteiger partial charge in [-0.15, -0.1) is 0 Å². The van der Waals surface area contributed by atoms with Crippen molar-refractivity contribution in [2.24, 2.45) is 16.6 Å². The van der Waals surface area contributed by atoms with Crippen molar-refractivity contribution in [1.82, 2.24) is 15.1 Å². The van der Waals surface area contributed by atoms with E-state index in [0.717, 1.165) is 22.6 Å². The van der Waals surface area contributed by atoms with Gasteiger partial charge < -0.3 is 20.4 Å². The molecule has 2 unspecified atom stereocenters. The van der Waals surface area contributed by atoms with Crippen molar-refractivity contribution in [2.75, 3.05) is 26.7 Å². The minimum absolute atomic E-state index is 0.0119. The number of hydrogen-bond acceptors (Lipinski definition) is 6. The number of nitrogens with one attached hydrogen (secondary N) is 1. The van der Waals surface area contributed by atoms with E-state index in [1.54, 1.807) is 18.2 Å². The first kappa shape index (κ1) is 26.2. The maximum Gasteiger partial charge on any atom is 0.244 e. The Labute approximate surface area is 207 Å². The number of aliphatic imine (C=N–C) groups is 1. The molecule has 1 aliphatic rings. The van der Waals surface area contributed by atoms with Gasteiger partial charge in [-0.3, -0.25) is 19.5 Å². The van der Waals surface area contributed by atoms with E-state index in [1.807, 2.05) is 70.2 Å². The first-order chi connectivity index (χ1) is 16.7. The van der Waals surface area contributed by atoms with Gasteiger partial charge in [0, 0.05) is 56.4 Å². The van der Waals surface area contributed by atoms with Gasteiger partial charge in [0.05, 0.1) is 12.0 Å². The normalized spacial score (nSPS) is 19.8. The predicted molar refractivity (Wildman–Crippen MR) is 139 cm³/mol. The summed E-state index contributed by atoms with van der Waals surface area (Å²) in [5, 5.41) is 3.04. The molecule has 0 saturated carbocycles. The van der Waals surface area contributed by atoms with Crippen LogP contribution < -0.4 is 11.1 Å². The number of rotatable bonds is 8. The zero-order valence-corrected chi connectivity index (χ0v) is 21.3. The molecule has 1 aliphatic heterocycles. The van der Waals surface area contributed by atoms with Crippen LogP contribution >= 0.6 is 0 Å². The molecule has 188 valence electrons. The summed E-state index contributed by atoms with van der Waals surface area (Å²) < 4.78 is 5.44. The van der Waals surface area contributed by atoms with Crippen molar-refractivity contribution in [3.05, 3.63) is 60.0 Å². The van der Waals surface area contributed by atoms with Crippen LogP contribution in [0.2, 0.25) is 0 Å². The van der Waals surface area contributed by atoms with E-state index in [0.29, 0.717) is 31.9 Å².